The number of ether oxygens (including phenoxy) is 2. The van der Waals surface area contributed by atoms with E-state index in [0.29, 0.717) is 48.0 Å². The Hall–Kier alpha value is -3.80. The van der Waals surface area contributed by atoms with Gasteiger partial charge >= 0.3 is 12.1 Å². The number of nitrogens with zero attached hydrogens (tertiary/aromatic N) is 7. The first kappa shape index (κ1) is 25.3. The van der Waals surface area contributed by atoms with Gasteiger partial charge in [0.2, 0.25) is 0 Å². The maximum atomic E-state index is 13.4. The summed E-state index contributed by atoms with van der Waals surface area (Å²) in [6.45, 7) is 12.7. The van der Waals surface area contributed by atoms with E-state index in [4.69, 9.17) is 14.5 Å². The normalized spacial score (nSPS) is 14.3. The Morgan fingerprint density at radius 1 is 1.19 bits per heavy atom. The van der Waals surface area contributed by atoms with E-state index in [-0.39, 0.29) is 11.8 Å². The lowest BCUT2D eigenvalue weighted by atomic mass is 10.1. The van der Waals surface area contributed by atoms with E-state index in [2.05, 4.69) is 20.5 Å². The number of hydrogen-bond acceptors (Lipinski definition) is 8. The topological polar surface area (TPSA) is 128 Å². The van der Waals surface area contributed by atoms with Crippen molar-refractivity contribution in [1.29, 1.82) is 0 Å². The van der Waals surface area contributed by atoms with Crippen LogP contribution in [0.2, 0.25) is 0 Å². The fourth-order valence-electron chi connectivity index (χ4n) is 3.76. The zero-order valence-electron chi connectivity index (χ0n) is 21.7. The second-order valence-electron chi connectivity index (χ2n) is 10.3. The van der Waals surface area contributed by atoms with Gasteiger partial charge in [0.25, 0.3) is 0 Å². The van der Waals surface area contributed by atoms with Crippen LogP contribution in [0.1, 0.15) is 40.2 Å². The van der Waals surface area contributed by atoms with Crippen molar-refractivity contribution in [2.24, 2.45) is 0 Å². The third kappa shape index (κ3) is 5.23. The number of anilines is 3. The Bertz CT molecular complexity index is 1280. The van der Waals surface area contributed by atoms with Gasteiger partial charge in [0.1, 0.15) is 16.9 Å². The monoisotopic (exact) mass is 496 g/mol. The number of hydrogen-bond donors (Lipinski definition) is 1. The van der Waals surface area contributed by atoms with Crippen molar-refractivity contribution in [2.75, 3.05) is 30.0 Å². The number of aromatic nitrogens is 5. The van der Waals surface area contributed by atoms with Gasteiger partial charge < -0.3 is 19.4 Å². The van der Waals surface area contributed by atoms with Crippen molar-refractivity contribution in [2.45, 2.75) is 59.3 Å². The molecule has 192 valence electrons. The Balaban J connectivity index is 1.79. The first-order valence-electron chi connectivity index (χ1n) is 11.7. The number of carbonyl (C=O) groups is 2. The summed E-state index contributed by atoms with van der Waals surface area (Å²) in [4.78, 5) is 37.5. The third-order valence-electron chi connectivity index (χ3n) is 5.65. The minimum Gasteiger partial charge on any atom is -0.443 e. The number of fused-ring (bicyclic) bond motifs is 1. The van der Waals surface area contributed by atoms with Gasteiger partial charge in [-0.3, -0.25) is 4.90 Å². The quantitative estimate of drug-likeness (QED) is 0.549. The fourth-order valence-corrected chi connectivity index (χ4v) is 3.76. The van der Waals surface area contributed by atoms with Crippen molar-refractivity contribution in [3.8, 4) is 0 Å². The second kappa shape index (κ2) is 9.34. The smallest absolute Gasteiger partial charge is 0.422 e. The summed E-state index contributed by atoms with van der Waals surface area (Å²) in [6.07, 6.45) is 1.05. The van der Waals surface area contributed by atoms with Crippen LogP contribution in [-0.4, -0.2) is 68.3 Å². The lowest BCUT2D eigenvalue weighted by molar-refractivity contribution is 0.00889. The Morgan fingerprint density at radius 2 is 1.94 bits per heavy atom. The largest absolute Gasteiger partial charge is 0.443 e. The van der Waals surface area contributed by atoms with E-state index in [9.17, 15) is 9.59 Å². The number of rotatable bonds is 6. The molecule has 1 N–H and O–H groups in total. The highest BCUT2D eigenvalue weighted by molar-refractivity contribution is 5.96. The van der Waals surface area contributed by atoms with Crippen LogP contribution in [0.5, 0.6) is 0 Å². The van der Waals surface area contributed by atoms with Crippen molar-refractivity contribution in [3.05, 3.63) is 30.1 Å². The first-order valence-corrected chi connectivity index (χ1v) is 11.7. The molecule has 0 radical (unpaired) electrons. The molecule has 0 spiro atoms. The van der Waals surface area contributed by atoms with E-state index in [1.165, 1.54) is 9.80 Å². The molecule has 12 heteroatoms. The molecule has 1 aliphatic rings. The molecule has 0 aliphatic carbocycles. The minimum absolute atomic E-state index is 0.214. The first-order chi connectivity index (χ1) is 16.9. The maximum absolute atomic E-state index is 13.4. The zero-order chi connectivity index (χ0) is 26.3. The van der Waals surface area contributed by atoms with Gasteiger partial charge in [-0.25, -0.2) is 24.5 Å². The lowest BCUT2D eigenvalue weighted by Crippen LogP contribution is -2.35. The van der Waals surface area contributed by atoms with Gasteiger partial charge in [-0.15, -0.1) is 10.2 Å². The fraction of sp³-hybridized carbons (Fsp3) is 0.500. The van der Waals surface area contributed by atoms with Gasteiger partial charge in [0.15, 0.2) is 17.3 Å². The Labute approximate surface area is 209 Å². The number of pyridine rings is 1. The van der Waals surface area contributed by atoms with Gasteiger partial charge in [-0.05, 0) is 65.3 Å². The highest BCUT2D eigenvalue weighted by atomic mass is 16.6. The van der Waals surface area contributed by atoms with E-state index in [1.807, 2.05) is 31.4 Å². The van der Waals surface area contributed by atoms with Crippen LogP contribution < -0.4 is 15.1 Å². The number of urea groups is 1. The summed E-state index contributed by atoms with van der Waals surface area (Å²) in [6, 6.07) is 4.89. The maximum Gasteiger partial charge on any atom is 0.422 e. The summed E-state index contributed by atoms with van der Waals surface area (Å²) >= 11 is 0. The summed E-state index contributed by atoms with van der Waals surface area (Å²) in [7, 11) is 1.65. The molecule has 0 unspecified atom stereocenters. The number of amides is 3. The van der Waals surface area contributed by atoms with Gasteiger partial charge in [0, 0.05) is 20.2 Å². The number of carbonyl (C=O) groups excluding carboxylic acids is 2. The molecular formula is C24H32N8O4. The minimum atomic E-state index is -0.751. The van der Waals surface area contributed by atoms with Crippen molar-refractivity contribution in [3.63, 3.8) is 0 Å². The second-order valence-corrected chi connectivity index (χ2v) is 10.3. The zero-order valence-corrected chi connectivity index (χ0v) is 21.7. The predicted octanol–water partition coefficient (Wildman–Crippen LogP) is 3.56. The summed E-state index contributed by atoms with van der Waals surface area (Å²) in [5, 5.41) is 11.2. The predicted molar refractivity (Wildman–Crippen MR) is 135 cm³/mol. The van der Waals surface area contributed by atoms with Crippen molar-refractivity contribution >= 4 is 40.7 Å². The molecule has 3 aromatic heterocycles. The Morgan fingerprint density at radius 3 is 2.53 bits per heavy atom. The molecule has 0 atom stereocenters. The molecule has 1 fully saturated rings. The van der Waals surface area contributed by atoms with E-state index in [0.717, 1.165) is 0 Å². The molecule has 4 rings (SSSR count). The molecule has 3 amide bonds. The molecule has 0 saturated carbocycles. The van der Waals surface area contributed by atoms with Crippen LogP contribution in [0.15, 0.2) is 24.5 Å². The van der Waals surface area contributed by atoms with Crippen LogP contribution in [0.3, 0.4) is 0 Å². The van der Waals surface area contributed by atoms with Crippen LogP contribution >= 0.6 is 0 Å². The molecule has 3 aromatic rings. The summed E-state index contributed by atoms with van der Waals surface area (Å²) in [5.74, 6) is 0.943. The molecule has 4 heterocycles. The van der Waals surface area contributed by atoms with Gasteiger partial charge in [0.05, 0.1) is 18.5 Å². The summed E-state index contributed by atoms with van der Waals surface area (Å²) < 4.78 is 13.2. The van der Waals surface area contributed by atoms with Gasteiger partial charge in [-0.2, -0.15) is 0 Å². The van der Waals surface area contributed by atoms with E-state index < -0.39 is 17.3 Å². The molecule has 1 aliphatic heterocycles. The molecule has 36 heavy (non-hydrogen) atoms. The standard InChI is InChI=1S/C24H32N8O4/c1-15-12-16-20(30(14-26-16)13-24(5,6)35-7)27-19(15)32(22(34)36-23(2,3)4)18-9-8-17(28-29-18)31-11-10-25-21(31)33/h8-9,12,14H,10-11,13H2,1-7H3,(H,25,33). The number of aryl methyl sites for hydroxylation is 1. The highest BCUT2D eigenvalue weighted by Gasteiger charge is 2.30. The SMILES string of the molecule is COC(C)(C)Cn1cnc2cc(C)c(N(C(=O)OC(C)(C)C)c3ccc(N4CCNC4=O)nn3)nc21. The molecule has 0 bridgehead atoms. The lowest BCUT2D eigenvalue weighted by Gasteiger charge is -2.27. The molecular weight excluding hydrogens is 464 g/mol. The van der Waals surface area contributed by atoms with Gasteiger partial charge in [-0.1, -0.05) is 0 Å². The molecule has 1 saturated heterocycles. The third-order valence-corrected chi connectivity index (χ3v) is 5.65. The Kier molecular flexibility index (Phi) is 6.56. The van der Waals surface area contributed by atoms with Crippen molar-refractivity contribution < 1.29 is 19.1 Å². The van der Waals surface area contributed by atoms with E-state index >= 15 is 0 Å². The summed E-state index contributed by atoms with van der Waals surface area (Å²) in [5.41, 5.74) is 0.781. The average molecular weight is 497 g/mol. The van der Waals surface area contributed by atoms with Crippen LogP contribution in [0.25, 0.3) is 11.2 Å². The number of nitrogens with one attached hydrogen (secondary N) is 1. The molecule has 12 nitrogen and oxygen atoms in total. The van der Waals surface area contributed by atoms with Crippen molar-refractivity contribution in [1.82, 2.24) is 30.0 Å². The van der Waals surface area contributed by atoms with E-state index in [1.54, 1.807) is 46.3 Å². The molecule has 0 aromatic carbocycles. The average Bonchev–Trinajstić information content (AvgIpc) is 3.39. The van der Waals surface area contributed by atoms with Crippen LogP contribution in [-0.2, 0) is 16.0 Å². The highest BCUT2D eigenvalue weighted by Crippen LogP contribution is 2.31. The van der Waals surface area contributed by atoms with Crippen LogP contribution in [0, 0.1) is 6.92 Å². The van der Waals surface area contributed by atoms with Crippen LogP contribution in [0.4, 0.5) is 27.0 Å². The number of methoxy groups -OCH3 is 1. The number of imidazole rings is 1.